The second-order valence-electron chi connectivity index (χ2n) is 2.80. The average molecular weight is 190 g/mol. The highest BCUT2D eigenvalue weighted by molar-refractivity contribution is 5.90. The average Bonchev–Trinajstić information content (AvgIpc) is 2.15. The fourth-order valence-corrected chi connectivity index (χ4v) is 0.961. The molecule has 1 unspecified atom stereocenters. The molecular formula is C11H10O3. The van der Waals surface area contributed by atoms with E-state index in [2.05, 4.69) is 11.8 Å². The monoisotopic (exact) mass is 190 g/mol. The van der Waals surface area contributed by atoms with Crippen LogP contribution in [0, 0.1) is 11.8 Å². The Hall–Kier alpha value is -1.79. The topological polar surface area (TPSA) is 57.5 Å². The summed E-state index contributed by atoms with van der Waals surface area (Å²) < 4.78 is 0. The number of aromatic carboxylic acids is 1. The van der Waals surface area contributed by atoms with Gasteiger partial charge in [-0.25, -0.2) is 4.79 Å². The van der Waals surface area contributed by atoms with Crippen LogP contribution in [0.4, 0.5) is 0 Å². The second kappa shape index (κ2) is 4.45. The van der Waals surface area contributed by atoms with E-state index in [0.29, 0.717) is 5.56 Å². The summed E-state index contributed by atoms with van der Waals surface area (Å²) in [6.45, 7) is 1.52. The van der Waals surface area contributed by atoms with Crippen molar-refractivity contribution < 1.29 is 15.0 Å². The van der Waals surface area contributed by atoms with Gasteiger partial charge in [0.05, 0.1) is 5.56 Å². The lowest BCUT2D eigenvalue weighted by molar-refractivity contribution is 0.0696. The van der Waals surface area contributed by atoms with Crippen LogP contribution < -0.4 is 0 Å². The minimum absolute atomic E-state index is 0.153. The normalized spacial score (nSPS) is 11.3. The molecule has 3 heteroatoms. The third kappa shape index (κ3) is 2.61. The van der Waals surface area contributed by atoms with Crippen molar-refractivity contribution in [1.29, 1.82) is 0 Å². The van der Waals surface area contributed by atoms with Crippen molar-refractivity contribution >= 4 is 5.97 Å². The van der Waals surface area contributed by atoms with Gasteiger partial charge in [0, 0.05) is 5.56 Å². The van der Waals surface area contributed by atoms with E-state index >= 15 is 0 Å². The smallest absolute Gasteiger partial charge is 0.336 e. The van der Waals surface area contributed by atoms with Gasteiger partial charge in [0.2, 0.25) is 0 Å². The first-order valence-electron chi connectivity index (χ1n) is 4.13. The van der Waals surface area contributed by atoms with Gasteiger partial charge in [-0.15, -0.1) is 0 Å². The highest BCUT2D eigenvalue weighted by Crippen LogP contribution is 2.06. The lowest BCUT2D eigenvalue weighted by Crippen LogP contribution is -2.00. The van der Waals surface area contributed by atoms with Crippen LogP contribution in [0.25, 0.3) is 0 Å². The zero-order valence-corrected chi connectivity index (χ0v) is 7.69. The molecule has 1 aromatic carbocycles. The Kier molecular flexibility index (Phi) is 3.27. The summed E-state index contributed by atoms with van der Waals surface area (Å²) >= 11 is 0. The molecule has 0 spiro atoms. The Bertz CT molecular complexity index is 396. The van der Waals surface area contributed by atoms with E-state index in [1.54, 1.807) is 18.2 Å². The van der Waals surface area contributed by atoms with Gasteiger partial charge in [-0.2, -0.15) is 0 Å². The van der Waals surface area contributed by atoms with Crippen LogP contribution in [-0.2, 0) is 0 Å². The number of hydrogen-bond acceptors (Lipinski definition) is 2. The highest BCUT2D eigenvalue weighted by Gasteiger charge is 2.05. The highest BCUT2D eigenvalue weighted by atomic mass is 16.4. The van der Waals surface area contributed by atoms with Gasteiger partial charge in [-0.05, 0) is 19.1 Å². The predicted molar refractivity (Wildman–Crippen MR) is 52.0 cm³/mol. The maximum absolute atomic E-state index is 10.7. The van der Waals surface area contributed by atoms with Crippen molar-refractivity contribution in [3.05, 3.63) is 35.4 Å². The summed E-state index contributed by atoms with van der Waals surface area (Å²) in [6.07, 6.45) is -0.753. The summed E-state index contributed by atoms with van der Waals surface area (Å²) in [5.74, 6) is 4.10. The van der Waals surface area contributed by atoms with Crippen LogP contribution >= 0.6 is 0 Å². The molecule has 72 valence electrons. The van der Waals surface area contributed by atoms with Crippen LogP contribution in [0.1, 0.15) is 22.8 Å². The molecule has 0 aliphatic carbocycles. The second-order valence-corrected chi connectivity index (χ2v) is 2.80. The number of carboxylic acid groups (broad SMARTS) is 1. The molecule has 0 bridgehead atoms. The van der Waals surface area contributed by atoms with E-state index < -0.39 is 12.1 Å². The number of benzene rings is 1. The molecule has 2 N–H and O–H groups in total. The molecule has 0 fully saturated rings. The lowest BCUT2D eigenvalue weighted by atomic mass is 10.1. The van der Waals surface area contributed by atoms with Crippen molar-refractivity contribution in [2.24, 2.45) is 0 Å². The SMILES string of the molecule is CC(O)C#Cc1ccccc1C(=O)O. The van der Waals surface area contributed by atoms with Crippen molar-refractivity contribution in [2.45, 2.75) is 13.0 Å². The van der Waals surface area contributed by atoms with E-state index in [0.717, 1.165) is 0 Å². The zero-order valence-electron chi connectivity index (χ0n) is 7.69. The van der Waals surface area contributed by atoms with Crippen molar-refractivity contribution in [1.82, 2.24) is 0 Å². The maximum atomic E-state index is 10.7. The van der Waals surface area contributed by atoms with Gasteiger partial charge in [0.1, 0.15) is 6.10 Å². The quantitative estimate of drug-likeness (QED) is 0.652. The molecule has 0 saturated carbocycles. The Morgan fingerprint density at radius 1 is 1.43 bits per heavy atom. The molecule has 0 heterocycles. The molecule has 1 aromatic rings. The van der Waals surface area contributed by atoms with Crippen molar-refractivity contribution in [3.8, 4) is 11.8 Å². The maximum Gasteiger partial charge on any atom is 0.336 e. The summed E-state index contributed by atoms with van der Waals surface area (Å²) in [7, 11) is 0. The molecule has 0 amide bonds. The Labute approximate surface area is 82.0 Å². The minimum atomic E-state index is -1.01. The fraction of sp³-hybridized carbons (Fsp3) is 0.182. The molecule has 0 saturated heterocycles. The van der Waals surface area contributed by atoms with Crippen molar-refractivity contribution in [2.75, 3.05) is 0 Å². The first kappa shape index (κ1) is 10.3. The van der Waals surface area contributed by atoms with Gasteiger partial charge in [-0.1, -0.05) is 24.0 Å². The first-order chi connectivity index (χ1) is 6.61. The number of aliphatic hydroxyl groups excluding tert-OH is 1. The Balaban J connectivity index is 3.10. The van der Waals surface area contributed by atoms with E-state index in [9.17, 15) is 4.79 Å². The first-order valence-corrected chi connectivity index (χ1v) is 4.13. The molecule has 0 aromatic heterocycles. The molecular weight excluding hydrogens is 180 g/mol. The summed E-state index contributed by atoms with van der Waals surface area (Å²) in [5, 5.41) is 17.7. The predicted octanol–water partition coefficient (Wildman–Crippen LogP) is 1.12. The number of aliphatic hydroxyl groups is 1. The molecule has 14 heavy (non-hydrogen) atoms. The van der Waals surface area contributed by atoms with Crippen LogP contribution in [-0.4, -0.2) is 22.3 Å². The molecule has 1 rings (SSSR count). The van der Waals surface area contributed by atoms with E-state index in [1.165, 1.54) is 13.0 Å². The standard InChI is InChI=1S/C11H10O3/c1-8(12)6-7-9-4-2-3-5-10(9)11(13)14/h2-5,8,12H,1H3,(H,13,14). The van der Waals surface area contributed by atoms with Crippen LogP contribution in [0.15, 0.2) is 24.3 Å². The van der Waals surface area contributed by atoms with Crippen LogP contribution in [0.5, 0.6) is 0 Å². The lowest BCUT2D eigenvalue weighted by Gasteiger charge is -1.97. The number of hydrogen-bond donors (Lipinski definition) is 2. The number of rotatable bonds is 1. The van der Waals surface area contributed by atoms with E-state index in [4.69, 9.17) is 10.2 Å². The number of carboxylic acids is 1. The van der Waals surface area contributed by atoms with E-state index in [-0.39, 0.29) is 5.56 Å². The molecule has 0 radical (unpaired) electrons. The van der Waals surface area contributed by atoms with Crippen LogP contribution in [0.3, 0.4) is 0 Å². The molecule has 0 aliphatic rings. The summed E-state index contributed by atoms with van der Waals surface area (Å²) in [4.78, 5) is 10.7. The Morgan fingerprint density at radius 2 is 2.07 bits per heavy atom. The third-order valence-corrected chi connectivity index (χ3v) is 1.57. The van der Waals surface area contributed by atoms with E-state index in [1.807, 2.05) is 0 Å². The minimum Gasteiger partial charge on any atom is -0.478 e. The van der Waals surface area contributed by atoms with Gasteiger partial charge in [-0.3, -0.25) is 0 Å². The third-order valence-electron chi connectivity index (χ3n) is 1.57. The van der Waals surface area contributed by atoms with Crippen LogP contribution in [0.2, 0.25) is 0 Å². The Morgan fingerprint density at radius 3 is 2.64 bits per heavy atom. The molecule has 1 atom stereocenters. The fourth-order valence-electron chi connectivity index (χ4n) is 0.961. The summed E-state index contributed by atoms with van der Waals surface area (Å²) in [5.41, 5.74) is 0.571. The zero-order chi connectivity index (χ0) is 10.6. The van der Waals surface area contributed by atoms with Gasteiger partial charge in [0.15, 0.2) is 0 Å². The molecule has 0 aliphatic heterocycles. The number of carbonyl (C=O) groups is 1. The van der Waals surface area contributed by atoms with Gasteiger partial charge >= 0.3 is 5.97 Å². The van der Waals surface area contributed by atoms with Crippen molar-refractivity contribution in [3.63, 3.8) is 0 Å². The largest absolute Gasteiger partial charge is 0.478 e. The molecule has 3 nitrogen and oxygen atoms in total. The van der Waals surface area contributed by atoms with Gasteiger partial charge in [0.25, 0.3) is 0 Å². The summed E-state index contributed by atoms with van der Waals surface area (Å²) in [6, 6.07) is 6.43. The van der Waals surface area contributed by atoms with Gasteiger partial charge < -0.3 is 10.2 Å².